The molecule has 24 heavy (non-hydrogen) atoms. The van der Waals surface area contributed by atoms with Gasteiger partial charge in [0.15, 0.2) is 0 Å². The minimum Gasteiger partial charge on any atom is -0.457 e. The number of hydrogen-bond donors (Lipinski definition) is 0. The number of carbonyl (C=O) groups excluding carboxylic acids is 1. The SMILES string of the molecule is C=CC1CC[C@H](N(Cc2ccccc2)Cc2ccccc2)C(=O)O1. The van der Waals surface area contributed by atoms with Crippen molar-refractivity contribution in [3.8, 4) is 0 Å². The molecule has 0 saturated carbocycles. The lowest BCUT2D eigenvalue weighted by Gasteiger charge is -2.35. The molecule has 0 aromatic heterocycles. The quantitative estimate of drug-likeness (QED) is 0.596. The summed E-state index contributed by atoms with van der Waals surface area (Å²) in [5.41, 5.74) is 2.40. The number of nitrogens with zero attached hydrogens (tertiary/aromatic N) is 1. The molecule has 0 amide bonds. The molecule has 3 rings (SSSR count). The van der Waals surface area contributed by atoms with Crippen LogP contribution >= 0.6 is 0 Å². The first-order chi connectivity index (χ1) is 11.8. The van der Waals surface area contributed by atoms with Gasteiger partial charge < -0.3 is 4.74 Å². The van der Waals surface area contributed by atoms with Crippen molar-refractivity contribution in [2.45, 2.75) is 38.1 Å². The monoisotopic (exact) mass is 321 g/mol. The maximum atomic E-state index is 12.5. The van der Waals surface area contributed by atoms with E-state index in [1.54, 1.807) is 6.08 Å². The Hall–Kier alpha value is -2.39. The van der Waals surface area contributed by atoms with E-state index < -0.39 is 0 Å². The van der Waals surface area contributed by atoms with Gasteiger partial charge in [0.25, 0.3) is 0 Å². The number of ether oxygens (including phenoxy) is 1. The second-order valence-corrected chi connectivity index (χ2v) is 6.18. The summed E-state index contributed by atoms with van der Waals surface area (Å²) in [6.45, 7) is 5.19. The van der Waals surface area contributed by atoms with Gasteiger partial charge in [-0.15, -0.1) is 0 Å². The molecule has 0 aliphatic carbocycles. The molecule has 2 aromatic rings. The van der Waals surface area contributed by atoms with Gasteiger partial charge in [0.05, 0.1) is 0 Å². The first kappa shape index (κ1) is 16.5. The summed E-state index contributed by atoms with van der Waals surface area (Å²) < 4.78 is 5.51. The summed E-state index contributed by atoms with van der Waals surface area (Å²) in [7, 11) is 0. The highest BCUT2D eigenvalue weighted by molar-refractivity contribution is 5.76. The Bertz CT molecular complexity index is 627. The van der Waals surface area contributed by atoms with E-state index in [-0.39, 0.29) is 18.1 Å². The van der Waals surface area contributed by atoms with E-state index in [1.165, 1.54) is 11.1 Å². The molecular formula is C21H23NO2. The molecule has 3 nitrogen and oxygen atoms in total. The van der Waals surface area contributed by atoms with E-state index in [0.717, 1.165) is 25.9 Å². The highest BCUT2D eigenvalue weighted by Crippen LogP contribution is 2.23. The van der Waals surface area contributed by atoms with E-state index in [9.17, 15) is 4.79 Å². The van der Waals surface area contributed by atoms with Gasteiger partial charge in [-0.2, -0.15) is 0 Å². The lowest BCUT2D eigenvalue weighted by molar-refractivity contribution is -0.159. The standard InChI is InChI=1S/C21H23NO2/c1-2-19-13-14-20(21(23)24-19)22(15-17-9-5-3-6-10-17)16-18-11-7-4-8-12-18/h2-12,19-20H,1,13-16H2/t19?,20-/m0/s1. The number of cyclic esters (lactones) is 1. The smallest absolute Gasteiger partial charge is 0.323 e. The second-order valence-electron chi connectivity index (χ2n) is 6.18. The summed E-state index contributed by atoms with van der Waals surface area (Å²) in [6.07, 6.45) is 3.20. The van der Waals surface area contributed by atoms with Crippen LogP contribution in [0.25, 0.3) is 0 Å². The second kappa shape index (κ2) is 7.93. The summed E-state index contributed by atoms with van der Waals surface area (Å²) >= 11 is 0. The van der Waals surface area contributed by atoms with Crippen molar-refractivity contribution in [3.63, 3.8) is 0 Å². The molecule has 0 bridgehead atoms. The number of hydrogen-bond acceptors (Lipinski definition) is 3. The van der Waals surface area contributed by atoms with Gasteiger partial charge >= 0.3 is 5.97 Å². The van der Waals surface area contributed by atoms with Crippen LogP contribution in [-0.4, -0.2) is 23.0 Å². The third-order valence-electron chi connectivity index (χ3n) is 4.42. The maximum absolute atomic E-state index is 12.5. The van der Waals surface area contributed by atoms with Gasteiger partial charge in [-0.25, -0.2) is 0 Å². The van der Waals surface area contributed by atoms with Crippen molar-refractivity contribution >= 4 is 5.97 Å². The van der Waals surface area contributed by atoms with Crippen LogP contribution in [0.15, 0.2) is 73.3 Å². The van der Waals surface area contributed by atoms with Gasteiger partial charge in [0.2, 0.25) is 0 Å². The lowest BCUT2D eigenvalue weighted by Crippen LogP contribution is -2.45. The number of esters is 1. The van der Waals surface area contributed by atoms with Crippen LogP contribution in [0.4, 0.5) is 0 Å². The summed E-state index contributed by atoms with van der Waals surface area (Å²) in [4.78, 5) is 14.7. The summed E-state index contributed by atoms with van der Waals surface area (Å²) in [5, 5.41) is 0. The number of rotatable bonds is 6. The summed E-state index contributed by atoms with van der Waals surface area (Å²) in [5.74, 6) is -0.141. The topological polar surface area (TPSA) is 29.5 Å². The molecule has 2 atom stereocenters. The predicted molar refractivity (Wildman–Crippen MR) is 95.2 cm³/mol. The zero-order valence-corrected chi connectivity index (χ0v) is 13.8. The van der Waals surface area contributed by atoms with Gasteiger partial charge in [0, 0.05) is 13.1 Å². The summed E-state index contributed by atoms with van der Waals surface area (Å²) in [6, 6.07) is 20.3. The van der Waals surface area contributed by atoms with Crippen LogP contribution in [-0.2, 0) is 22.6 Å². The molecule has 2 aromatic carbocycles. The number of carbonyl (C=O) groups is 1. The molecule has 1 saturated heterocycles. The van der Waals surface area contributed by atoms with Gasteiger partial charge in [-0.05, 0) is 24.0 Å². The predicted octanol–water partition coefficient (Wildman–Crippen LogP) is 3.95. The normalized spacial score (nSPS) is 20.6. The molecule has 1 aliphatic heterocycles. The highest BCUT2D eigenvalue weighted by Gasteiger charge is 2.33. The highest BCUT2D eigenvalue weighted by atomic mass is 16.5. The van der Waals surface area contributed by atoms with Crippen LogP contribution in [0.3, 0.4) is 0 Å². The zero-order chi connectivity index (χ0) is 16.8. The van der Waals surface area contributed by atoms with Crippen LogP contribution in [0.1, 0.15) is 24.0 Å². The number of benzene rings is 2. The van der Waals surface area contributed by atoms with E-state index >= 15 is 0 Å². The van der Waals surface area contributed by atoms with E-state index in [1.807, 2.05) is 36.4 Å². The Morgan fingerprint density at radius 3 is 1.96 bits per heavy atom. The van der Waals surface area contributed by atoms with Crippen molar-refractivity contribution < 1.29 is 9.53 Å². The van der Waals surface area contributed by atoms with Gasteiger partial charge in [-0.1, -0.05) is 73.3 Å². The minimum atomic E-state index is -0.207. The maximum Gasteiger partial charge on any atom is 0.323 e. The first-order valence-electron chi connectivity index (χ1n) is 8.41. The molecule has 0 N–H and O–H groups in total. The largest absolute Gasteiger partial charge is 0.457 e. The third-order valence-corrected chi connectivity index (χ3v) is 4.42. The van der Waals surface area contributed by atoms with Crippen molar-refractivity contribution in [1.82, 2.24) is 4.90 Å². The molecule has 1 aliphatic rings. The Labute approximate surface area is 143 Å². The zero-order valence-electron chi connectivity index (χ0n) is 13.8. The van der Waals surface area contributed by atoms with Crippen molar-refractivity contribution in [3.05, 3.63) is 84.4 Å². The Kier molecular flexibility index (Phi) is 5.44. The Balaban J connectivity index is 1.79. The molecule has 0 spiro atoms. The Morgan fingerprint density at radius 2 is 1.50 bits per heavy atom. The Morgan fingerprint density at radius 1 is 0.958 bits per heavy atom. The molecule has 1 unspecified atom stereocenters. The first-order valence-corrected chi connectivity index (χ1v) is 8.41. The fourth-order valence-electron chi connectivity index (χ4n) is 3.14. The average molecular weight is 321 g/mol. The van der Waals surface area contributed by atoms with Gasteiger partial charge in [-0.3, -0.25) is 9.69 Å². The molecule has 1 heterocycles. The van der Waals surface area contributed by atoms with E-state index in [2.05, 4.69) is 35.7 Å². The molecule has 124 valence electrons. The lowest BCUT2D eigenvalue weighted by atomic mass is 10.0. The van der Waals surface area contributed by atoms with Gasteiger partial charge in [0.1, 0.15) is 12.1 Å². The van der Waals surface area contributed by atoms with Crippen molar-refractivity contribution in [1.29, 1.82) is 0 Å². The molecule has 1 fully saturated rings. The van der Waals surface area contributed by atoms with Crippen LogP contribution in [0.2, 0.25) is 0 Å². The third kappa shape index (κ3) is 4.12. The van der Waals surface area contributed by atoms with E-state index in [0.29, 0.717) is 0 Å². The average Bonchev–Trinajstić information content (AvgIpc) is 2.63. The molecular weight excluding hydrogens is 298 g/mol. The fourth-order valence-corrected chi connectivity index (χ4v) is 3.14. The fraction of sp³-hybridized carbons (Fsp3) is 0.286. The minimum absolute atomic E-state index is 0.141. The van der Waals surface area contributed by atoms with Crippen molar-refractivity contribution in [2.24, 2.45) is 0 Å². The van der Waals surface area contributed by atoms with Crippen LogP contribution < -0.4 is 0 Å². The van der Waals surface area contributed by atoms with E-state index in [4.69, 9.17) is 4.74 Å². The van der Waals surface area contributed by atoms with Crippen molar-refractivity contribution in [2.75, 3.05) is 0 Å². The molecule has 0 radical (unpaired) electrons. The molecule has 3 heteroatoms. The van der Waals surface area contributed by atoms with Crippen LogP contribution in [0.5, 0.6) is 0 Å². The van der Waals surface area contributed by atoms with Crippen LogP contribution in [0, 0.1) is 0 Å².